The van der Waals surface area contributed by atoms with Crippen LogP contribution >= 0.6 is 0 Å². The summed E-state index contributed by atoms with van der Waals surface area (Å²) in [6.45, 7) is 1.61. The number of amides is 1. The molecule has 5 nitrogen and oxygen atoms in total. The van der Waals surface area contributed by atoms with Gasteiger partial charge >= 0.3 is 0 Å². The van der Waals surface area contributed by atoms with Crippen molar-refractivity contribution in [3.05, 3.63) is 95.3 Å². The first-order valence-corrected chi connectivity index (χ1v) is 10.1. The van der Waals surface area contributed by atoms with Crippen molar-refractivity contribution in [2.24, 2.45) is 5.73 Å². The summed E-state index contributed by atoms with van der Waals surface area (Å²) >= 11 is 0. The van der Waals surface area contributed by atoms with E-state index in [1.807, 2.05) is 48.5 Å². The fourth-order valence-corrected chi connectivity index (χ4v) is 3.22. The maximum Gasteiger partial charge on any atom is 0.227 e. The second kappa shape index (κ2) is 11.1. The molecule has 162 valence electrons. The van der Waals surface area contributed by atoms with Crippen LogP contribution in [0.1, 0.15) is 16.7 Å². The van der Waals surface area contributed by atoms with Crippen molar-refractivity contribution in [1.82, 2.24) is 4.90 Å². The lowest BCUT2D eigenvalue weighted by atomic mass is 10.1. The lowest BCUT2D eigenvalue weighted by molar-refractivity contribution is -0.131. The molecule has 1 amide bonds. The molecule has 0 unspecified atom stereocenters. The van der Waals surface area contributed by atoms with Gasteiger partial charge in [-0.2, -0.15) is 0 Å². The van der Waals surface area contributed by atoms with Gasteiger partial charge in [0.15, 0.2) is 11.5 Å². The Morgan fingerprint density at radius 2 is 1.65 bits per heavy atom. The van der Waals surface area contributed by atoms with Crippen LogP contribution in [0.5, 0.6) is 11.5 Å². The van der Waals surface area contributed by atoms with Gasteiger partial charge in [0.05, 0.1) is 13.5 Å². The Morgan fingerprint density at radius 1 is 0.935 bits per heavy atom. The van der Waals surface area contributed by atoms with Gasteiger partial charge in [0.1, 0.15) is 12.4 Å². The van der Waals surface area contributed by atoms with Crippen LogP contribution in [0, 0.1) is 5.82 Å². The standard InChI is InChI=1S/C25H27FN2O3/c1-30-24-15-21(9-12-23(24)31-18-20-5-3-2-4-6-20)17-28(14-13-27)25(29)16-19-7-10-22(26)11-8-19/h2-12,15H,13-14,16-18,27H2,1H3. The Labute approximate surface area is 182 Å². The van der Waals surface area contributed by atoms with Gasteiger partial charge in [0, 0.05) is 19.6 Å². The van der Waals surface area contributed by atoms with Crippen LogP contribution < -0.4 is 15.2 Å². The molecule has 0 spiro atoms. The van der Waals surface area contributed by atoms with E-state index in [0.717, 1.165) is 16.7 Å². The van der Waals surface area contributed by atoms with Crippen LogP contribution in [0.4, 0.5) is 4.39 Å². The van der Waals surface area contributed by atoms with Crippen LogP contribution in [0.25, 0.3) is 0 Å². The monoisotopic (exact) mass is 422 g/mol. The second-order valence-electron chi connectivity index (χ2n) is 7.17. The molecule has 3 rings (SSSR count). The minimum Gasteiger partial charge on any atom is -0.493 e. The number of hydrogen-bond acceptors (Lipinski definition) is 4. The van der Waals surface area contributed by atoms with Gasteiger partial charge in [0.25, 0.3) is 0 Å². The lowest BCUT2D eigenvalue weighted by Gasteiger charge is -2.23. The predicted octanol–water partition coefficient (Wildman–Crippen LogP) is 3.94. The molecule has 0 aromatic heterocycles. The molecule has 0 aliphatic rings. The molecule has 2 N–H and O–H groups in total. The molecule has 0 atom stereocenters. The van der Waals surface area contributed by atoms with Gasteiger partial charge in [-0.25, -0.2) is 4.39 Å². The lowest BCUT2D eigenvalue weighted by Crippen LogP contribution is -2.35. The zero-order chi connectivity index (χ0) is 22.1. The Hall–Kier alpha value is -3.38. The predicted molar refractivity (Wildman–Crippen MR) is 118 cm³/mol. The Bertz CT molecular complexity index is 978. The summed E-state index contributed by atoms with van der Waals surface area (Å²) in [4.78, 5) is 14.5. The zero-order valence-corrected chi connectivity index (χ0v) is 17.6. The number of carbonyl (C=O) groups excluding carboxylic acids is 1. The highest BCUT2D eigenvalue weighted by molar-refractivity contribution is 5.78. The van der Waals surface area contributed by atoms with Crippen LogP contribution in [-0.2, 0) is 24.4 Å². The van der Waals surface area contributed by atoms with E-state index in [9.17, 15) is 9.18 Å². The van der Waals surface area contributed by atoms with E-state index in [1.54, 1.807) is 24.1 Å². The fraction of sp³-hybridized carbons (Fsp3) is 0.240. The topological polar surface area (TPSA) is 64.8 Å². The van der Waals surface area contributed by atoms with Crippen molar-refractivity contribution in [3.8, 4) is 11.5 Å². The summed E-state index contributed by atoms with van der Waals surface area (Å²) in [5, 5.41) is 0. The smallest absolute Gasteiger partial charge is 0.227 e. The molecule has 0 aliphatic carbocycles. The Morgan fingerprint density at radius 3 is 2.32 bits per heavy atom. The van der Waals surface area contributed by atoms with E-state index in [2.05, 4.69) is 0 Å². The molecule has 3 aromatic carbocycles. The number of rotatable bonds is 10. The highest BCUT2D eigenvalue weighted by Gasteiger charge is 2.16. The van der Waals surface area contributed by atoms with Gasteiger partial charge in [0.2, 0.25) is 5.91 Å². The number of carbonyl (C=O) groups is 1. The summed E-state index contributed by atoms with van der Waals surface area (Å²) in [6.07, 6.45) is 0.190. The molecule has 0 saturated carbocycles. The first-order chi connectivity index (χ1) is 15.1. The number of halogens is 1. The third-order valence-corrected chi connectivity index (χ3v) is 4.86. The van der Waals surface area contributed by atoms with Crippen molar-refractivity contribution >= 4 is 5.91 Å². The number of ether oxygens (including phenoxy) is 2. The summed E-state index contributed by atoms with van der Waals surface area (Å²) in [5.74, 6) is 0.849. The third-order valence-electron chi connectivity index (χ3n) is 4.86. The molecule has 0 radical (unpaired) electrons. The maximum absolute atomic E-state index is 13.1. The average molecular weight is 423 g/mol. The van der Waals surface area contributed by atoms with Crippen molar-refractivity contribution in [2.45, 2.75) is 19.6 Å². The zero-order valence-electron chi connectivity index (χ0n) is 17.6. The Kier molecular flexibility index (Phi) is 8.01. The average Bonchev–Trinajstić information content (AvgIpc) is 2.80. The van der Waals surface area contributed by atoms with E-state index in [4.69, 9.17) is 15.2 Å². The van der Waals surface area contributed by atoms with Gasteiger partial charge in [-0.3, -0.25) is 4.79 Å². The molecular weight excluding hydrogens is 395 g/mol. The first kappa shape index (κ1) is 22.3. The summed E-state index contributed by atoms with van der Waals surface area (Å²) in [6, 6.07) is 21.5. The minimum atomic E-state index is -0.323. The molecule has 0 heterocycles. The summed E-state index contributed by atoms with van der Waals surface area (Å²) in [5.41, 5.74) is 8.45. The highest BCUT2D eigenvalue weighted by Crippen LogP contribution is 2.29. The van der Waals surface area contributed by atoms with Gasteiger partial charge in [-0.1, -0.05) is 48.5 Å². The van der Waals surface area contributed by atoms with Crippen molar-refractivity contribution in [1.29, 1.82) is 0 Å². The van der Waals surface area contributed by atoms with Gasteiger partial charge < -0.3 is 20.1 Å². The molecule has 0 fully saturated rings. The van der Waals surface area contributed by atoms with Crippen LogP contribution in [0.15, 0.2) is 72.8 Å². The van der Waals surface area contributed by atoms with Crippen LogP contribution in [-0.4, -0.2) is 31.0 Å². The number of benzene rings is 3. The van der Waals surface area contributed by atoms with E-state index in [0.29, 0.717) is 37.7 Å². The van der Waals surface area contributed by atoms with Gasteiger partial charge in [-0.05, 0) is 41.0 Å². The number of nitrogens with zero attached hydrogens (tertiary/aromatic N) is 1. The Balaban J connectivity index is 1.67. The quantitative estimate of drug-likeness (QED) is 0.538. The number of hydrogen-bond donors (Lipinski definition) is 1. The molecule has 0 bridgehead atoms. The maximum atomic E-state index is 13.1. The largest absolute Gasteiger partial charge is 0.493 e. The van der Waals surface area contributed by atoms with E-state index >= 15 is 0 Å². The van der Waals surface area contributed by atoms with Crippen molar-refractivity contribution in [2.75, 3.05) is 20.2 Å². The summed E-state index contributed by atoms with van der Waals surface area (Å²) in [7, 11) is 1.59. The van der Waals surface area contributed by atoms with E-state index in [1.165, 1.54) is 12.1 Å². The number of methoxy groups -OCH3 is 1. The van der Waals surface area contributed by atoms with Gasteiger partial charge in [-0.15, -0.1) is 0 Å². The minimum absolute atomic E-state index is 0.0690. The molecule has 3 aromatic rings. The summed E-state index contributed by atoms with van der Waals surface area (Å²) < 4.78 is 24.5. The van der Waals surface area contributed by atoms with Crippen LogP contribution in [0.3, 0.4) is 0 Å². The SMILES string of the molecule is COc1cc(CN(CCN)C(=O)Cc2ccc(F)cc2)ccc1OCc1ccccc1. The number of nitrogens with two attached hydrogens (primary N) is 1. The molecule has 0 saturated heterocycles. The van der Waals surface area contributed by atoms with Crippen molar-refractivity contribution in [3.63, 3.8) is 0 Å². The van der Waals surface area contributed by atoms with E-state index in [-0.39, 0.29) is 18.1 Å². The highest BCUT2D eigenvalue weighted by atomic mass is 19.1. The molecule has 31 heavy (non-hydrogen) atoms. The normalized spacial score (nSPS) is 10.5. The second-order valence-corrected chi connectivity index (χ2v) is 7.17. The molecule has 6 heteroatoms. The van der Waals surface area contributed by atoms with Crippen molar-refractivity contribution < 1.29 is 18.7 Å². The third kappa shape index (κ3) is 6.55. The molecular formula is C25H27FN2O3. The first-order valence-electron chi connectivity index (χ1n) is 10.1. The fourth-order valence-electron chi connectivity index (χ4n) is 3.22. The van der Waals surface area contributed by atoms with Crippen LogP contribution in [0.2, 0.25) is 0 Å². The van der Waals surface area contributed by atoms with E-state index < -0.39 is 0 Å². The molecule has 0 aliphatic heterocycles.